The first-order chi connectivity index (χ1) is 13.6. The molecule has 1 aromatic heterocycles. The minimum atomic E-state index is -3.70. The molecule has 0 amide bonds. The molecular formula is C22H22ClN3O2S. The zero-order valence-corrected chi connectivity index (χ0v) is 18.1. The van der Waals surface area contributed by atoms with Crippen LogP contribution in [0, 0.1) is 5.41 Å². The summed E-state index contributed by atoms with van der Waals surface area (Å²) >= 11 is 5.86. The Morgan fingerprint density at radius 1 is 1.03 bits per heavy atom. The van der Waals surface area contributed by atoms with E-state index in [1.165, 1.54) is 12.1 Å². The van der Waals surface area contributed by atoms with Crippen molar-refractivity contribution in [3.8, 4) is 0 Å². The molecule has 0 aliphatic heterocycles. The van der Waals surface area contributed by atoms with Crippen LogP contribution in [0.1, 0.15) is 50.9 Å². The van der Waals surface area contributed by atoms with Crippen molar-refractivity contribution in [2.24, 2.45) is 5.41 Å². The van der Waals surface area contributed by atoms with Gasteiger partial charge < -0.3 is 0 Å². The molecule has 1 heterocycles. The summed E-state index contributed by atoms with van der Waals surface area (Å²) in [5.41, 5.74) is 4.34. The first-order valence-electron chi connectivity index (χ1n) is 9.72. The topological polar surface area (TPSA) is 72.0 Å². The van der Waals surface area contributed by atoms with Gasteiger partial charge in [-0.2, -0.15) is 0 Å². The maximum absolute atomic E-state index is 12.7. The van der Waals surface area contributed by atoms with E-state index >= 15 is 0 Å². The molecule has 1 N–H and O–H groups in total. The maximum atomic E-state index is 12.7. The minimum Gasteiger partial charge on any atom is -0.280 e. The van der Waals surface area contributed by atoms with E-state index in [0.29, 0.717) is 22.1 Å². The lowest BCUT2D eigenvalue weighted by Crippen LogP contribution is -2.31. The average molecular weight is 428 g/mol. The van der Waals surface area contributed by atoms with Gasteiger partial charge in [0.05, 0.1) is 33.0 Å². The number of benzene rings is 2. The lowest BCUT2D eigenvalue weighted by atomic mass is 9.70. The third-order valence-electron chi connectivity index (χ3n) is 7.15. The third kappa shape index (κ3) is 2.62. The number of nitrogens with zero attached hydrogens (tertiary/aromatic N) is 2. The first kappa shape index (κ1) is 18.8. The van der Waals surface area contributed by atoms with Crippen LogP contribution in [0.3, 0.4) is 0 Å². The number of hydrogen-bond acceptors (Lipinski definition) is 4. The summed E-state index contributed by atoms with van der Waals surface area (Å²) in [6.45, 7) is 6.92. The molecule has 7 heteroatoms. The molecular weight excluding hydrogens is 406 g/mol. The van der Waals surface area contributed by atoms with Crippen LogP contribution >= 0.6 is 11.6 Å². The summed E-state index contributed by atoms with van der Waals surface area (Å²) in [5, 5.41) is 0.490. The molecule has 3 aromatic rings. The van der Waals surface area contributed by atoms with Gasteiger partial charge >= 0.3 is 0 Å². The van der Waals surface area contributed by atoms with Crippen molar-refractivity contribution >= 4 is 38.3 Å². The molecule has 2 aliphatic carbocycles. The van der Waals surface area contributed by atoms with Gasteiger partial charge in [0.1, 0.15) is 0 Å². The fourth-order valence-corrected chi connectivity index (χ4v) is 6.19. The van der Waals surface area contributed by atoms with Crippen molar-refractivity contribution in [3.05, 3.63) is 58.9 Å². The number of sulfonamides is 1. The van der Waals surface area contributed by atoms with E-state index in [1.54, 1.807) is 24.3 Å². The van der Waals surface area contributed by atoms with Crippen LogP contribution in [0.15, 0.2) is 47.4 Å². The molecule has 0 spiro atoms. The Labute approximate surface area is 175 Å². The zero-order chi connectivity index (χ0) is 20.6. The Morgan fingerprint density at radius 3 is 2.48 bits per heavy atom. The maximum Gasteiger partial charge on any atom is 0.261 e. The third-order valence-corrected chi connectivity index (χ3v) is 8.80. The van der Waals surface area contributed by atoms with E-state index in [1.807, 2.05) is 6.07 Å². The molecule has 150 valence electrons. The lowest BCUT2D eigenvalue weighted by molar-refractivity contribution is 0.227. The number of fused-ring (bicyclic) bond motifs is 6. The molecule has 5 rings (SSSR count). The van der Waals surface area contributed by atoms with Gasteiger partial charge in [-0.1, -0.05) is 32.4 Å². The Bertz CT molecular complexity index is 1260. The van der Waals surface area contributed by atoms with Crippen LogP contribution in [-0.2, 0) is 15.4 Å². The summed E-state index contributed by atoms with van der Waals surface area (Å²) in [5.74, 6) is 0.397. The highest BCUT2D eigenvalue weighted by Crippen LogP contribution is 2.66. The summed E-state index contributed by atoms with van der Waals surface area (Å²) < 4.78 is 28.0. The number of anilines is 1. The van der Waals surface area contributed by atoms with Gasteiger partial charge in [-0.25, -0.2) is 18.4 Å². The van der Waals surface area contributed by atoms with Crippen LogP contribution in [0.2, 0.25) is 5.02 Å². The fourth-order valence-electron chi connectivity index (χ4n) is 5.01. The highest BCUT2D eigenvalue weighted by atomic mass is 35.5. The molecule has 2 bridgehead atoms. The summed E-state index contributed by atoms with van der Waals surface area (Å²) in [6, 6.07) is 11.4. The van der Waals surface area contributed by atoms with Gasteiger partial charge in [0, 0.05) is 16.4 Å². The standard InChI is InChI=1S/C22H22ClN3O2S/c1-21(2)16-10-11-22(21,3)20-19(16)24-18-12-14(6-9-17(18)25-20)26-29(27,28)15-7-4-13(23)5-8-15/h4-9,12,16,26H,10-11H2,1-3H3. The summed E-state index contributed by atoms with van der Waals surface area (Å²) in [6.07, 6.45) is 2.26. The Balaban J connectivity index is 1.54. The number of rotatable bonds is 3. The number of hydrogen-bond donors (Lipinski definition) is 1. The molecule has 1 saturated carbocycles. The zero-order valence-electron chi connectivity index (χ0n) is 16.5. The van der Waals surface area contributed by atoms with E-state index in [-0.39, 0.29) is 15.7 Å². The monoisotopic (exact) mass is 427 g/mol. The molecule has 29 heavy (non-hydrogen) atoms. The van der Waals surface area contributed by atoms with E-state index in [2.05, 4.69) is 25.5 Å². The molecule has 5 nitrogen and oxygen atoms in total. The van der Waals surface area contributed by atoms with Crippen LogP contribution in [0.25, 0.3) is 11.0 Å². The van der Waals surface area contributed by atoms with E-state index in [9.17, 15) is 8.42 Å². The summed E-state index contributed by atoms with van der Waals surface area (Å²) in [4.78, 5) is 10.1. The first-order valence-corrected chi connectivity index (χ1v) is 11.6. The minimum absolute atomic E-state index is 0.0447. The fraction of sp³-hybridized carbons (Fsp3) is 0.364. The van der Waals surface area contributed by atoms with Gasteiger partial charge in [0.2, 0.25) is 0 Å². The van der Waals surface area contributed by atoms with Crippen molar-refractivity contribution < 1.29 is 8.42 Å². The predicted molar refractivity (Wildman–Crippen MR) is 115 cm³/mol. The normalized spacial score (nSPS) is 24.6. The van der Waals surface area contributed by atoms with Crippen molar-refractivity contribution in [2.75, 3.05) is 4.72 Å². The van der Waals surface area contributed by atoms with Gasteiger partial charge in [-0.05, 0) is 60.7 Å². The average Bonchev–Trinajstić information content (AvgIpc) is 2.99. The highest BCUT2D eigenvalue weighted by molar-refractivity contribution is 7.92. The molecule has 1 fully saturated rings. The smallest absolute Gasteiger partial charge is 0.261 e. The number of nitrogens with one attached hydrogen (secondary N) is 1. The Kier molecular flexibility index (Phi) is 3.84. The second kappa shape index (κ2) is 5.92. The van der Waals surface area contributed by atoms with Crippen LogP contribution in [-0.4, -0.2) is 18.4 Å². The quantitative estimate of drug-likeness (QED) is 0.618. The van der Waals surface area contributed by atoms with Gasteiger partial charge in [-0.3, -0.25) is 4.72 Å². The number of aromatic nitrogens is 2. The van der Waals surface area contributed by atoms with Gasteiger partial charge in [-0.15, -0.1) is 0 Å². The Morgan fingerprint density at radius 2 is 1.76 bits per heavy atom. The number of halogens is 1. The van der Waals surface area contributed by atoms with Crippen molar-refractivity contribution in [3.63, 3.8) is 0 Å². The molecule has 2 unspecified atom stereocenters. The van der Waals surface area contributed by atoms with Crippen LogP contribution in [0.5, 0.6) is 0 Å². The second-order valence-electron chi connectivity index (χ2n) is 8.87. The van der Waals surface area contributed by atoms with Crippen LogP contribution < -0.4 is 4.72 Å². The van der Waals surface area contributed by atoms with E-state index in [4.69, 9.17) is 21.6 Å². The van der Waals surface area contributed by atoms with Crippen LogP contribution in [0.4, 0.5) is 5.69 Å². The van der Waals surface area contributed by atoms with E-state index < -0.39 is 10.0 Å². The van der Waals surface area contributed by atoms with E-state index in [0.717, 1.165) is 29.7 Å². The Hall–Kier alpha value is -2.18. The SMILES string of the molecule is CC12CCC(c3nc4cc(NS(=O)(=O)c5ccc(Cl)cc5)ccc4nc31)C2(C)C. The largest absolute Gasteiger partial charge is 0.280 e. The van der Waals surface area contributed by atoms with Crippen molar-refractivity contribution in [2.45, 2.75) is 49.8 Å². The molecule has 0 saturated heterocycles. The van der Waals surface area contributed by atoms with Gasteiger partial charge in [0.25, 0.3) is 10.0 Å². The molecule has 2 atom stereocenters. The van der Waals surface area contributed by atoms with Crippen molar-refractivity contribution in [1.29, 1.82) is 0 Å². The molecule has 0 radical (unpaired) electrons. The van der Waals surface area contributed by atoms with Crippen molar-refractivity contribution in [1.82, 2.24) is 9.97 Å². The molecule has 2 aromatic carbocycles. The predicted octanol–water partition coefficient (Wildman–Crippen LogP) is 5.26. The highest BCUT2D eigenvalue weighted by Gasteiger charge is 2.61. The molecule has 2 aliphatic rings. The van der Waals surface area contributed by atoms with Gasteiger partial charge in [0.15, 0.2) is 0 Å². The lowest BCUT2D eigenvalue weighted by Gasteiger charge is -2.34. The second-order valence-corrected chi connectivity index (χ2v) is 11.0. The summed E-state index contributed by atoms with van der Waals surface area (Å²) in [7, 11) is -3.70.